The number of esters is 1. The van der Waals surface area contributed by atoms with E-state index < -0.39 is 39.2 Å². The van der Waals surface area contributed by atoms with Crippen molar-refractivity contribution in [1.29, 1.82) is 0 Å². The molecule has 0 saturated heterocycles. The van der Waals surface area contributed by atoms with Crippen LogP contribution < -0.4 is 0 Å². The largest absolute Gasteiger partial charge is 0.472 e. The summed E-state index contributed by atoms with van der Waals surface area (Å²) in [7, 11) is -4.52. The zero-order chi connectivity index (χ0) is 35.4. The molecule has 282 valence electrons. The van der Waals surface area contributed by atoms with Crippen LogP contribution in [0.15, 0.2) is 36.5 Å². The molecule has 0 bridgehead atoms. The topological polar surface area (TPSA) is 132 Å². The molecule has 0 aromatic heterocycles. The first kappa shape index (κ1) is 46.7. The predicted molar refractivity (Wildman–Crippen MR) is 196 cm³/mol. The number of ether oxygens (including phenoxy) is 2. The Labute approximate surface area is 293 Å². The van der Waals surface area contributed by atoms with Crippen molar-refractivity contribution >= 4 is 13.8 Å². The maximum Gasteiger partial charge on any atom is 0.472 e. The van der Waals surface area contributed by atoms with Gasteiger partial charge in [0.15, 0.2) is 0 Å². The van der Waals surface area contributed by atoms with Gasteiger partial charge in [0.25, 0.3) is 0 Å². The number of rotatable bonds is 36. The van der Waals surface area contributed by atoms with E-state index in [4.69, 9.17) is 23.6 Å². The average molecular weight is 703 g/mol. The van der Waals surface area contributed by atoms with Crippen LogP contribution in [0.25, 0.3) is 0 Å². The molecule has 3 N–H and O–H groups in total. The molecule has 0 saturated carbocycles. The molecule has 0 fully saturated rings. The van der Waals surface area contributed by atoms with E-state index in [-0.39, 0.29) is 19.6 Å². The van der Waals surface area contributed by atoms with Gasteiger partial charge >= 0.3 is 13.8 Å². The molecule has 0 aliphatic rings. The number of hydrogen-bond acceptors (Lipinski definition) is 8. The SMILES string of the molecule is CC/C=C\C/C=C\C/C=C\CCCCCC(=O)OC(COCCCCCCCCCCCCCCCC)COP(=O)(O)OCC(O)CO. The summed E-state index contributed by atoms with van der Waals surface area (Å²) in [4.78, 5) is 22.4. The monoisotopic (exact) mass is 702 g/mol. The van der Waals surface area contributed by atoms with Gasteiger partial charge in [0.1, 0.15) is 12.2 Å². The van der Waals surface area contributed by atoms with Crippen LogP contribution >= 0.6 is 7.82 Å². The van der Waals surface area contributed by atoms with Crippen molar-refractivity contribution in [2.75, 3.05) is 33.0 Å². The maximum absolute atomic E-state index is 12.5. The smallest absolute Gasteiger partial charge is 0.457 e. The number of unbranched alkanes of at least 4 members (excludes halogenated alkanes) is 16. The Kier molecular flexibility index (Phi) is 34.5. The molecule has 3 unspecified atom stereocenters. The van der Waals surface area contributed by atoms with Crippen molar-refractivity contribution in [3.63, 3.8) is 0 Å². The lowest BCUT2D eigenvalue weighted by Gasteiger charge is -2.20. The van der Waals surface area contributed by atoms with Gasteiger partial charge in [-0.1, -0.05) is 140 Å². The Hall–Kier alpha value is -1.32. The molecule has 0 aromatic rings. The highest BCUT2D eigenvalue weighted by atomic mass is 31.2. The molecular weight excluding hydrogens is 631 g/mol. The first-order valence-electron chi connectivity index (χ1n) is 19.0. The van der Waals surface area contributed by atoms with Crippen LogP contribution in [0, 0.1) is 0 Å². The van der Waals surface area contributed by atoms with Gasteiger partial charge in [-0.3, -0.25) is 13.8 Å². The zero-order valence-corrected chi connectivity index (χ0v) is 31.3. The molecule has 0 aliphatic heterocycles. The summed E-state index contributed by atoms with van der Waals surface area (Å²) in [6.07, 6.45) is 35.3. The number of carbonyl (C=O) groups is 1. The van der Waals surface area contributed by atoms with E-state index in [9.17, 15) is 19.4 Å². The van der Waals surface area contributed by atoms with Gasteiger partial charge in [0.05, 0.1) is 26.4 Å². The Morgan fingerprint density at radius 1 is 0.667 bits per heavy atom. The third-order valence-electron chi connectivity index (χ3n) is 7.84. The molecule has 0 heterocycles. The molecule has 9 nitrogen and oxygen atoms in total. The van der Waals surface area contributed by atoms with Crippen molar-refractivity contribution in [1.82, 2.24) is 0 Å². The second-order valence-corrected chi connectivity index (χ2v) is 14.0. The third kappa shape index (κ3) is 34.5. The number of hydrogen-bond donors (Lipinski definition) is 3. The summed E-state index contributed by atoms with van der Waals surface area (Å²) < 4.78 is 33.2. The van der Waals surface area contributed by atoms with E-state index in [1.807, 2.05) is 0 Å². The quantitative estimate of drug-likeness (QED) is 0.0253. The maximum atomic E-state index is 12.5. The highest BCUT2D eigenvalue weighted by Crippen LogP contribution is 2.43. The van der Waals surface area contributed by atoms with Crippen LogP contribution in [0.2, 0.25) is 0 Å². The van der Waals surface area contributed by atoms with Gasteiger partial charge < -0.3 is 24.6 Å². The summed E-state index contributed by atoms with van der Waals surface area (Å²) in [6, 6.07) is 0. The number of phosphoric acid groups is 1. The summed E-state index contributed by atoms with van der Waals surface area (Å²) in [5.74, 6) is -0.411. The summed E-state index contributed by atoms with van der Waals surface area (Å²) in [6.45, 7) is 3.36. The fourth-order valence-electron chi connectivity index (χ4n) is 4.96. The normalized spacial score (nSPS) is 14.7. The molecule has 0 spiro atoms. The highest BCUT2D eigenvalue weighted by molar-refractivity contribution is 7.47. The Morgan fingerprint density at radius 2 is 1.19 bits per heavy atom. The van der Waals surface area contributed by atoms with Crippen LogP contribution in [0.4, 0.5) is 0 Å². The van der Waals surface area contributed by atoms with Gasteiger partial charge in [-0.25, -0.2) is 4.57 Å². The van der Waals surface area contributed by atoms with Crippen molar-refractivity contribution in [3.05, 3.63) is 36.5 Å². The van der Waals surface area contributed by atoms with E-state index in [1.54, 1.807) is 0 Å². The van der Waals surface area contributed by atoms with Crippen LogP contribution in [0.3, 0.4) is 0 Å². The number of allylic oxidation sites excluding steroid dienone is 6. The van der Waals surface area contributed by atoms with E-state index >= 15 is 0 Å². The van der Waals surface area contributed by atoms with E-state index in [0.29, 0.717) is 13.0 Å². The van der Waals surface area contributed by atoms with E-state index in [1.165, 1.54) is 70.6 Å². The zero-order valence-electron chi connectivity index (χ0n) is 30.4. The lowest BCUT2D eigenvalue weighted by atomic mass is 10.0. The van der Waals surface area contributed by atoms with Crippen LogP contribution in [-0.2, 0) is 27.9 Å². The minimum absolute atomic E-state index is 0.0393. The first-order chi connectivity index (χ1) is 23.3. The predicted octanol–water partition coefficient (Wildman–Crippen LogP) is 9.69. The van der Waals surface area contributed by atoms with Crippen LogP contribution in [0.1, 0.15) is 155 Å². The fraction of sp³-hybridized carbons (Fsp3) is 0.816. The third-order valence-corrected chi connectivity index (χ3v) is 8.79. The van der Waals surface area contributed by atoms with Gasteiger partial charge in [-0.2, -0.15) is 0 Å². The number of carbonyl (C=O) groups excluding carboxylic acids is 1. The number of phosphoric ester groups is 1. The lowest BCUT2D eigenvalue weighted by Crippen LogP contribution is -2.29. The van der Waals surface area contributed by atoms with Crippen molar-refractivity contribution in [2.45, 2.75) is 167 Å². The molecular formula is C38H71O9P. The Bertz CT molecular complexity index is 846. The first-order valence-corrected chi connectivity index (χ1v) is 20.5. The molecule has 10 heteroatoms. The molecule has 0 rings (SSSR count). The van der Waals surface area contributed by atoms with Gasteiger partial charge in [0, 0.05) is 13.0 Å². The van der Waals surface area contributed by atoms with Gasteiger partial charge in [-0.15, -0.1) is 0 Å². The van der Waals surface area contributed by atoms with Gasteiger partial charge in [-0.05, 0) is 44.9 Å². The van der Waals surface area contributed by atoms with Gasteiger partial charge in [0.2, 0.25) is 0 Å². The van der Waals surface area contributed by atoms with Crippen molar-refractivity contribution in [3.8, 4) is 0 Å². The fourth-order valence-corrected chi connectivity index (χ4v) is 5.75. The standard InChI is InChI=1S/C38H71O9P/c1-3-5-7-9-11-13-15-17-19-21-23-25-27-29-31-44-34-37(35-46-48(42,43)45-33-36(40)32-39)47-38(41)30-28-26-24-22-20-18-16-14-12-10-8-6-4-2/h6,8,12,14,18,20,36-37,39-40H,3-5,7,9-11,13,15-17,19,21-35H2,1-2H3,(H,42,43)/b8-6-,14-12-,20-18-. The molecule has 3 atom stereocenters. The molecule has 0 amide bonds. The Morgan fingerprint density at radius 3 is 1.77 bits per heavy atom. The van der Waals surface area contributed by atoms with E-state index in [2.05, 4.69) is 50.3 Å². The minimum Gasteiger partial charge on any atom is -0.457 e. The Balaban J connectivity index is 4.27. The van der Waals surface area contributed by atoms with Crippen molar-refractivity contribution < 1.29 is 43.0 Å². The number of aliphatic hydroxyl groups is 2. The highest BCUT2D eigenvalue weighted by Gasteiger charge is 2.26. The minimum atomic E-state index is -4.52. The second kappa shape index (κ2) is 35.5. The summed E-state index contributed by atoms with van der Waals surface area (Å²) >= 11 is 0. The van der Waals surface area contributed by atoms with Crippen LogP contribution in [0.5, 0.6) is 0 Å². The summed E-state index contributed by atoms with van der Waals surface area (Å²) in [5.41, 5.74) is 0. The number of aliphatic hydroxyl groups excluding tert-OH is 2. The molecule has 48 heavy (non-hydrogen) atoms. The lowest BCUT2D eigenvalue weighted by molar-refractivity contribution is -0.154. The molecule has 0 aliphatic carbocycles. The van der Waals surface area contributed by atoms with E-state index in [0.717, 1.165) is 57.8 Å². The van der Waals surface area contributed by atoms with Crippen molar-refractivity contribution in [2.24, 2.45) is 0 Å². The molecule has 0 aromatic carbocycles. The average Bonchev–Trinajstić information content (AvgIpc) is 3.07. The summed E-state index contributed by atoms with van der Waals surface area (Å²) in [5, 5.41) is 18.3. The second-order valence-electron chi connectivity index (χ2n) is 12.6. The molecule has 0 radical (unpaired) electrons. The van der Waals surface area contributed by atoms with Crippen LogP contribution in [-0.4, -0.2) is 66.3 Å².